The summed E-state index contributed by atoms with van der Waals surface area (Å²) in [4.78, 5) is 12.3. The van der Waals surface area contributed by atoms with E-state index >= 15 is 0 Å². The van der Waals surface area contributed by atoms with E-state index in [4.69, 9.17) is 4.74 Å². The fraction of sp³-hybridized carbons (Fsp3) is 0.200. The molecule has 1 amide bonds. The Balaban J connectivity index is 2.16. The molecule has 1 N–H and O–H groups in total. The lowest BCUT2D eigenvalue weighted by Gasteiger charge is -2.07. The zero-order chi connectivity index (χ0) is 17.5. The zero-order valence-corrected chi connectivity index (χ0v) is 14.1. The second-order valence-corrected chi connectivity index (χ2v) is 5.44. The summed E-state index contributed by atoms with van der Waals surface area (Å²) in [5.41, 5.74) is 3.71. The monoisotopic (exact) mass is 320 g/mol. The van der Waals surface area contributed by atoms with E-state index in [1.54, 1.807) is 30.3 Å². The summed E-state index contributed by atoms with van der Waals surface area (Å²) < 4.78 is 5.36. The van der Waals surface area contributed by atoms with Gasteiger partial charge in [-0.3, -0.25) is 4.79 Å². The summed E-state index contributed by atoms with van der Waals surface area (Å²) in [5.74, 6) is 0.309. The van der Waals surface area contributed by atoms with Crippen LogP contribution in [0.25, 0.3) is 6.08 Å². The summed E-state index contributed by atoms with van der Waals surface area (Å²) in [6.07, 6.45) is 1.61. The lowest BCUT2D eigenvalue weighted by Crippen LogP contribution is -2.13. The van der Waals surface area contributed by atoms with Gasteiger partial charge in [0, 0.05) is 5.69 Å². The molecule has 0 spiro atoms. The molecular weight excluding hydrogens is 300 g/mol. The number of hydrogen-bond acceptors (Lipinski definition) is 3. The van der Waals surface area contributed by atoms with Gasteiger partial charge in [0.05, 0.1) is 6.61 Å². The molecule has 0 fully saturated rings. The molecule has 2 aromatic rings. The summed E-state index contributed by atoms with van der Waals surface area (Å²) >= 11 is 0. The van der Waals surface area contributed by atoms with Crippen molar-refractivity contribution in [2.75, 3.05) is 11.9 Å². The van der Waals surface area contributed by atoms with Crippen LogP contribution >= 0.6 is 0 Å². The molecule has 4 nitrogen and oxygen atoms in total. The number of nitrogens with one attached hydrogen (secondary N) is 1. The third kappa shape index (κ3) is 4.47. The van der Waals surface area contributed by atoms with Crippen LogP contribution < -0.4 is 10.1 Å². The molecule has 0 bridgehead atoms. The predicted molar refractivity (Wildman–Crippen MR) is 95.7 cm³/mol. The van der Waals surface area contributed by atoms with Crippen molar-refractivity contribution < 1.29 is 9.53 Å². The number of benzene rings is 2. The average molecular weight is 320 g/mol. The second-order valence-electron chi connectivity index (χ2n) is 5.44. The van der Waals surface area contributed by atoms with E-state index in [9.17, 15) is 10.1 Å². The minimum Gasteiger partial charge on any atom is -0.494 e. The molecule has 0 atom stereocenters. The van der Waals surface area contributed by atoms with Crippen molar-refractivity contribution in [1.29, 1.82) is 5.26 Å². The van der Waals surface area contributed by atoms with Crippen LogP contribution in [0.5, 0.6) is 5.75 Å². The van der Waals surface area contributed by atoms with Gasteiger partial charge in [-0.15, -0.1) is 0 Å². The number of carbonyl (C=O) groups excluding carboxylic acids is 1. The molecule has 24 heavy (non-hydrogen) atoms. The Labute approximate surface area is 142 Å². The quantitative estimate of drug-likeness (QED) is 0.662. The highest BCUT2D eigenvalue weighted by atomic mass is 16.5. The van der Waals surface area contributed by atoms with Crippen LogP contribution in [0.4, 0.5) is 5.69 Å². The van der Waals surface area contributed by atoms with Crippen molar-refractivity contribution in [1.82, 2.24) is 0 Å². The Morgan fingerprint density at radius 2 is 1.92 bits per heavy atom. The molecule has 0 unspecified atom stereocenters. The lowest BCUT2D eigenvalue weighted by molar-refractivity contribution is -0.112. The van der Waals surface area contributed by atoms with Crippen molar-refractivity contribution >= 4 is 17.7 Å². The molecule has 0 aliphatic rings. The van der Waals surface area contributed by atoms with Crippen molar-refractivity contribution in [3.8, 4) is 11.8 Å². The smallest absolute Gasteiger partial charge is 0.266 e. The Hall–Kier alpha value is -3.06. The van der Waals surface area contributed by atoms with E-state index in [1.165, 1.54) is 0 Å². The largest absolute Gasteiger partial charge is 0.494 e. The first-order chi connectivity index (χ1) is 11.5. The maximum Gasteiger partial charge on any atom is 0.266 e. The van der Waals surface area contributed by atoms with Crippen LogP contribution in [-0.4, -0.2) is 12.5 Å². The molecule has 0 saturated carbocycles. The Bertz CT molecular complexity index is 799. The third-order valence-corrected chi connectivity index (χ3v) is 3.51. The summed E-state index contributed by atoms with van der Waals surface area (Å²) in [5, 5.41) is 12.0. The van der Waals surface area contributed by atoms with Crippen molar-refractivity contribution in [3.05, 3.63) is 64.7 Å². The number of carbonyl (C=O) groups is 1. The van der Waals surface area contributed by atoms with Gasteiger partial charge in [-0.1, -0.05) is 23.8 Å². The highest BCUT2D eigenvalue weighted by Crippen LogP contribution is 2.18. The number of amides is 1. The summed E-state index contributed by atoms with van der Waals surface area (Å²) in [7, 11) is 0. The molecule has 0 aliphatic carbocycles. The highest BCUT2D eigenvalue weighted by Gasteiger charge is 2.10. The van der Waals surface area contributed by atoms with Gasteiger partial charge in [-0.25, -0.2) is 0 Å². The molecule has 0 aromatic heterocycles. The number of ether oxygens (including phenoxy) is 1. The summed E-state index contributed by atoms with van der Waals surface area (Å²) in [6.45, 7) is 6.46. The van der Waals surface area contributed by atoms with Gasteiger partial charge in [0.25, 0.3) is 5.91 Å². The number of aryl methyl sites for hydroxylation is 2. The third-order valence-electron chi connectivity index (χ3n) is 3.51. The van der Waals surface area contributed by atoms with E-state index < -0.39 is 5.91 Å². The maximum atomic E-state index is 12.3. The summed E-state index contributed by atoms with van der Waals surface area (Å²) in [6, 6.07) is 14.9. The van der Waals surface area contributed by atoms with Gasteiger partial charge in [0.2, 0.25) is 0 Å². The van der Waals surface area contributed by atoms with Crippen LogP contribution in [0.2, 0.25) is 0 Å². The van der Waals surface area contributed by atoms with E-state index in [2.05, 4.69) is 5.32 Å². The fourth-order valence-electron chi connectivity index (χ4n) is 2.29. The first kappa shape index (κ1) is 17.3. The number of nitriles is 1. The van der Waals surface area contributed by atoms with E-state index in [1.807, 2.05) is 45.0 Å². The molecule has 4 heteroatoms. The van der Waals surface area contributed by atoms with Crippen LogP contribution in [0.1, 0.15) is 23.6 Å². The van der Waals surface area contributed by atoms with Crippen LogP contribution in [-0.2, 0) is 4.79 Å². The molecular formula is C20H20N2O2. The molecule has 0 radical (unpaired) electrons. The molecule has 0 saturated heterocycles. The normalized spacial score (nSPS) is 10.8. The van der Waals surface area contributed by atoms with Crippen molar-refractivity contribution in [3.63, 3.8) is 0 Å². The SMILES string of the molecule is CCOc1ccc(NC(=O)/C(C#N)=C/c2ccc(C)cc2C)cc1. The van der Waals surface area contributed by atoms with Crippen molar-refractivity contribution in [2.45, 2.75) is 20.8 Å². The topological polar surface area (TPSA) is 62.1 Å². The standard InChI is InChI=1S/C20H20N2O2/c1-4-24-19-9-7-18(8-10-19)22-20(23)17(13-21)12-16-6-5-14(2)11-15(16)3/h5-12H,4H2,1-3H3,(H,22,23)/b17-12+. The molecule has 2 aromatic carbocycles. The number of hydrogen-bond donors (Lipinski definition) is 1. The number of rotatable bonds is 5. The Kier molecular flexibility index (Phi) is 5.75. The van der Waals surface area contributed by atoms with E-state index in [-0.39, 0.29) is 5.57 Å². The molecule has 2 rings (SSSR count). The first-order valence-electron chi connectivity index (χ1n) is 7.76. The van der Waals surface area contributed by atoms with Crippen molar-refractivity contribution in [2.24, 2.45) is 0 Å². The number of nitrogens with zero attached hydrogens (tertiary/aromatic N) is 1. The second kappa shape index (κ2) is 7.98. The van der Waals surface area contributed by atoms with E-state index in [0.717, 1.165) is 22.4 Å². The van der Waals surface area contributed by atoms with Gasteiger partial charge in [0.15, 0.2) is 0 Å². The molecule has 0 heterocycles. The Morgan fingerprint density at radius 1 is 1.21 bits per heavy atom. The minimum absolute atomic E-state index is 0.0656. The van der Waals surface area contributed by atoms with Gasteiger partial charge in [-0.05, 0) is 62.2 Å². The fourth-order valence-corrected chi connectivity index (χ4v) is 2.29. The van der Waals surface area contributed by atoms with Crippen LogP contribution in [0.3, 0.4) is 0 Å². The van der Waals surface area contributed by atoms with Gasteiger partial charge >= 0.3 is 0 Å². The predicted octanol–water partition coefficient (Wildman–Crippen LogP) is 4.25. The highest BCUT2D eigenvalue weighted by molar-refractivity contribution is 6.09. The van der Waals surface area contributed by atoms with Gasteiger partial charge < -0.3 is 10.1 Å². The molecule has 0 aliphatic heterocycles. The Morgan fingerprint density at radius 3 is 2.50 bits per heavy atom. The lowest BCUT2D eigenvalue weighted by atomic mass is 10.0. The van der Waals surface area contributed by atoms with Gasteiger partial charge in [0.1, 0.15) is 17.4 Å². The average Bonchev–Trinajstić information content (AvgIpc) is 2.56. The molecule has 122 valence electrons. The maximum absolute atomic E-state index is 12.3. The first-order valence-corrected chi connectivity index (χ1v) is 7.76. The van der Waals surface area contributed by atoms with Gasteiger partial charge in [-0.2, -0.15) is 5.26 Å². The van der Waals surface area contributed by atoms with E-state index in [0.29, 0.717) is 12.3 Å². The minimum atomic E-state index is -0.429. The van der Waals surface area contributed by atoms with Crippen LogP contribution in [0.15, 0.2) is 48.0 Å². The number of anilines is 1. The van der Waals surface area contributed by atoms with Crippen LogP contribution in [0, 0.1) is 25.2 Å². The zero-order valence-electron chi connectivity index (χ0n) is 14.1.